The monoisotopic (exact) mass is 450 g/mol. The lowest BCUT2D eigenvalue weighted by Crippen LogP contribution is -2.52. The molecule has 5 heteroatoms. The number of alkyl carbamates (subject to hydrolysis) is 1. The van der Waals surface area contributed by atoms with Gasteiger partial charge in [0.25, 0.3) is 0 Å². The Kier molecular flexibility index (Phi) is 5.98. The Labute approximate surface area is 196 Å². The standard InChI is InChI=1S/C27H34N2O2S/c1-27(2,3)21-6-4-5-19(15-21)20-7-8-22-23(11-14-32-25(22)16-20)28-26(30)31-24-17-29-12-9-18(24)10-13-29/h4-8,15-16,18,23-24H,9-14,17H2,1-3H3,(H,28,30)/t23?,24-/m0/s1. The second kappa shape index (κ2) is 8.75. The number of thioether (sulfide) groups is 1. The summed E-state index contributed by atoms with van der Waals surface area (Å²) in [6, 6.07) is 15.5. The van der Waals surface area contributed by atoms with E-state index in [1.54, 1.807) is 0 Å². The lowest BCUT2D eigenvalue weighted by molar-refractivity contribution is -0.0339. The molecule has 2 atom stereocenters. The van der Waals surface area contributed by atoms with Crippen molar-refractivity contribution in [2.45, 2.75) is 62.5 Å². The normalized spacial score (nSPS) is 27.0. The number of nitrogens with zero attached hydrogens (tertiary/aromatic N) is 1. The van der Waals surface area contributed by atoms with Crippen molar-refractivity contribution in [3.63, 3.8) is 0 Å². The molecule has 2 aromatic rings. The Balaban J connectivity index is 1.30. The smallest absolute Gasteiger partial charge is 0.407 e. The van der Waals surface area contributed by atoms with Crippen LogP contribution in [0.2, 0.25) is 0 Å². The van der Waals surface area contributed by atoms with Crippen LogP contribution >= 0.6 is 11.8 Å². The van der Waals surface area contributed by atoms with E-state index in [0.717, 1.165) is 44.6 Å². The van der Waals surface area contributed by atoms with Crippen LogP contribution in [0.3, 0.4) is 0 Å². The molecule has 3 saturated heterocycles. The van der Waals surface area contributed by atoms with Gasteiger partial charge in [-0.3, -0.25) is 4.90 Å². The number of rotatable bonds is 3. The molecule has 0 spiro atoms. The van der Waals surface area contributed by atoms with Gasteiger partial charge in [0.2, 0.25) is 0 Å². The van der Waals surface area contributed by atoms with Gasteiger partial charge in [-0.15, -0.1) is 11.8 Å². The average molecular weight is 451 g/mol. The van der Waals surface area contributed by atoms with Crippen molar-refractivity contribution in [2.75, 3.05) is 25.4 Å². The van der Waals surface area contributed by atoms with Crippen LogP contribution in [0.15, 0.2) is 47.4 Å². The lowest BCUT2D eigenvalue weighted by Gasteiger charge is -2.44. The molecule has 0 radical (unpaired) electrons. The number of fused-ring (bicyclic) bond motifs is 4. The Hall–Kier alpha value is -1.98. The van der Waals surface area contributed by atoms with Crippen LogP contribution in [0.5, 0.6) is 0 Å². The second-order valence-corrected chi connectivity index (χ2v) is 11.6. The fourth-order valence-corrected chi connectivity index (χ4v) is 6.40. The van der Waals surface area contributed by atoms with Crippen molar-refractivity contribution >= 4 is 17.9 Å². The molecule has 4 aliphatic rings. The van der Waals surface area contributed by atoms with Crippen molar-refractivity contribution in [1.82, 2.24) is 10.2 Å². The summed E-state index contributed by atoms with van der Waals surface area (Å²) in [6.45, 7) is 9.95. The summed E-state index contributed by atoms with van der Waals surface area (Å²) in [7, 11) is 0. The number of piperidine rings is 3. The summed E-state index contributed by atoms with van der Waals surface area (Å²) in [5, 5.41) is 3.18. The molecular formula is C27H34N2O2S. The third kappa shape index (κ3) is 4.55. The zero-order chi connectivity index (χ0) is 22.3. The third-order valence-corrected chi connectivity index (χ3v) is 8.37. The summed E-state index contributed by atoms with van der Waals surface area (Å²) in [5.41, 5.74) is 5.16. The first-order valence-corrected chi connectivity index (χ1v) is 12.9. The Morgan fingerprint density at radius 2 is 1.84 bits per heavy atom. The van der Waals surface area contributed by atoms with E-state index in [2.05, 4.69) is 73.5 Å². The molecule has 2 bridgehead atoms. The van der Waals surface area contributed by atoms with E-state index in [4.69, 9.17) is 4.74 Å². The number of carbonyl (C=O) groups excluding carboxylic acids is 1. The van der Waals surface area contributed by atoms with E-state index in [-0.39, 0.29) is 23.7 Å². The number of carbonyl (C=O) groups is 1. The highest BCUT2D eigenvalue weighted by atomic mass is 32.2. The molecule has 1 amide bonds. The molecule has 1 unspecified atom stereocenters. The van der Waals surface area contributed by atoms with Crippen molar-refractivity contribution in [2.24, 2.45) is 5.92 Å². The lowest BCUT2D eigenvalue weighted by atomic mass is 9.85. The first-order chi connectivity index (χ1) is 15.4. The van der Waals surface area contributed by atoms with Crippen LogP contribution in [-0.4, -0.2) is 42.5 Å². The SMILES string of the molecule is CC(C)(C)c1cccc(-c2ccc3c(c2)SCCC3NC(=O)O[C@H]2CN3CCC2CC3)c1. The molecule has 4 heterocycles. The van der Waals surface area contributed by atoms with Gasteiger partial charge in [0.05, 0.1) is 6.04 Å². The van der Waals surface area contributed by atoms with Crippen LogP contribution in [0.25, 0.3) is 11.1 Å². The summed E-state index contributed by atoms with van der Waals surface area (Å²) >= 11 is 1.88. The molecule has 4 aliphatic heterocycles. The van der Waals surface area contributed by atoms with Crippen LogP contribution < -0.4 is 5.32 Å². The number of hydrogen-bond acceptors (Lipinski definition) is 4. The van der Waals surface area contributed by atoms with Gasteiger partial charge in [0, 0.05) is 17.2 Å². The highest BCUT2D eigenvalue weighted by Gasteiger charge is 2.37. The number of amides is 1. The van der Waals surface area contributed by atoms with E-state index in [9.17, 15) is 4.79 Å². The average Bonchev–Trinajstić information content (AvgIpc) is 2.79. The summed E-state index contributed by atoms with van der Waals surface area (Å²) in [6.07, 6.45) is 3.03. The van der Waals surface area contributed by atoms with Crippen molar-refractivity contribution in [3.8, 4) is 11.1 Å². The van der Waals surface area contributed by atoms with Gasteiger partial charge in [-0.05, 0) is 72.0 Å². The number of nitrogens with one attached hydrogen (secondary N) is 1. The molecule has 0 saturated carbocycles. The number of ether oxygens (including phenoxy) is 1. The van der Waals surface area contributed by atoms with Crippen LogP contribution in [0.4, 0.5) is 4.79 Å². The maximum absolute atomic E-state index is 12.7. The molecule has 1 N–H and O–H groups in total. The maximum Gasteiger partial charge on any atom is 0.407 e. The predicted molar refractivity (Wildman–Crippen MR) is 131 cm³/mol. The first-order valence-electron chi connectivity index (χ1n) is 11.9. The van der Waals surface area contributed by atoms with E-state index in [1.807, 2.05) is 11.8 Å². The minimum absolute atomic E-state index is 0.0230. The number of benzene rings is 2. The molecule has 3 fully saturated rings. The third-order valence-electron chi connectivity index (χ3n) is 7.26. The van der Waals surface area contributed by atoms with Crippen LogP contribution in [0, 0.1) is 5.92 Å². The minimum Gasteiger partial charge on any atom is -0.445 e. The fourth-order valence-electron chi connectivity index (χ4n) is 5.24. The molecule has 0 aromatic heterocycles. The fraction of sp³-hybridized carbons (Fsp3) is 0.519. The molecule has 4 nitrogen and oxygen atoms in total. The van der Waals surface area contributed by atoms with Gasteiger partial charge >= 0.3 is 6.09 Å². The summed E-state index contributed by atoms with van der Waals surface area (Å²) in [4.78, 5) is 16.4. The molecule has 32 heavy (non-hydrogen) atoms. The van der Waals surface area contributed by atoms with E-state index >= 15 is 0 Å². The predicted octanol–water partition coefficient (Wildman–Crippen LogP) is 6.01. The van der Waals surface area contributed by atoms with Gasteiger partial charge in [0.1, 0.15) is 6.10 Å². The van der Waals surface area contributed by atoms with Crippen molar-refractivity contribution in [1.29, 1.82) is 0 Å². The molecule has 170 valence electrons. The molecule has 6 rings (SSSR count). The van der Waals surface area contributed by atoms with Gasteiger partial charge in [-0.2, -0.15) is 0 Å². The van der Waals surface area contributed by atoms with Crippen molar-refractivity contribution < 1.29 is 9.53 Å². The highest BCUT2D eigenvalue weighted by Crippen LogP contribution is 2.39. The zero-order valence-electron chi connectivity index (χ0n) is 19.4. The second-order valence-electron chi connectivity index (χ2n) is 10.5. The minimum atomic E-state index is -0.256. The van der Waals surface area contributed by atoms with Gasteiger partial charge in [-0.25, -0.2) is 4.79 Å². The Morgan fingerprint density at radius 3 is 2.56 bits per heavy atom. The van der Waals surface area contributed by atoms with E-state index in [0.29, 0.717) is 5.92 Å². The summed E-state index contributed by atoms with van der Waals surface area (Å²) in [5.74, 6) is 1.54. The Morgan fingerprint density at radius 1 is 1.06 bits per heavy atom. The molecule has 0 aliphatic carbocycles. The quantitative estimate of drug-likeness (QED) is 0.622. The maximum atomic E-state index is 12.7. The highest BCUT2D eigenvalue weighted by molar-refractivity contribution is 7.99. The topological polar surface area (TPSA) is 41.6 Å². The summed E-state index contributed by atoms with van der Waals surface area (Å²) < 4.78 is 5.88. The number of hydrogen-bond donors (Lipinski definition) is 1. The zero-order valence-corrected chi connectivity index (χ0v) is 20.2. The van der Waals surface area contributed by atoms with Crippen LogP contribution in [0.1, 0.15) is 57.2 Å². The largest absolute Gasteiger partial charge is 0.445 e. The first kappa shape index (κ1) is 21.8. The molecule has 2 aromatic carbocycles. The van der Waals surface area contributed by atoms with Crippen molar-refractivity contribution in [3.05, 3.63) is 53.6 Å². The van der Waals surface area contributed by atoms with E-state index in [1.165, 1.54) is 27.1 Å². The van der Waals surface area contributed by atoms with Gasteiger partial charge in [-0.1, -0.05) is 57.2 Å². The molecular weight excluding hydrogens is 416 g/mol. The van der Waals surface area contributed by atoms with Crippen LogP contribution in [-0.2, 0) is 10.2 Å². The Bertz CT molecular complexity index is 991. The van der Waals surface area contributed by atoms with Gasteiger partial charge < -0.3 is 10.1 Å². The van der Waals surface area contributed by atoms with E-state index < -0.39 is 0 Å². The van der Waals surface area contributed by atoms with Gasteiger partial charge in [0.15, 0.2) is 0 Å².